The van der Waals surface area contributed by atoms with Crippen molar-refractivity contribution in [1.82, 2.24) is 4.98 Å². The lowest BCUT2D eigenvalue weighted by molar-refractivity contribution is 0.170. The Balaban J connectivity index is 2.29. The summed E-state index contributed by atoms with van der Waals surface area (Å²) in [6, 6.07) is 3.93. The summed E-state index contributed by atoms with van der Waals surface area (Å²) in [4.78, 5) is 4.02. The fourth-order valence-electron chi connectivity index (χ4n) is 1.20. The number of aryl methyl sites for hydroxylation is 1. The van der Waals surface area contributed by atoms with E-state index in [0.29, 0.717) is 6.42 Å². The Bertz CT molecular complexity index is 310. The highest BCUT2D eigenvalue weighted by molar-refractivity contribution is 5.08. The number of aromatic nitrogens is 1. The highest BCUT2D eigenvalue weighted by atomic mass is 16.3. The molecule has 1 heterocycles. The SMILES string of the molecule is CC#CCC(O)CCc1cccnc1. The van der Waals surface area contributed by atoms with Gasteiger partial charge in [0.1, 0.15) is 0 Å². The van der Waals surface area contributed by atoms with Crippen LogP contribution in [0.25, 0.3) is 0 Å². The molecule has 0 aliphatic rings. The highest BCUT2D eigenvalue weighted by Crippen LogP contribution is 2.05. The number of nitrogens with zero attached hydrogens (tertiary/aromatic N) is 1. The average Bonchev–Trinajstić information content (AvgIpc) is 2.25. The van der Waals surface area contributed by atoms with E-state index < -0.39 is 0 Å². The molecular weight excluding hydrogens is 174 g/mol. The number of rotatable bonds is 4. The summed E-state index contributed by atoms with van der Waals surface area (Å²) in [6.07, 6.45) is 5.45. The summed E-state index contributed by atoms with van der Waals surface area (Å²) >= 11 is 0. The molecule has 0 saturated heterocycles. The average molecular weight is 189 g/mol. The van der Waals surface area contributed by atoms with Crippen LogP contribution in [-0.2, 0) is 6.42 Å². The fraction of sp³-hybridized carbons (Fsp3) is 0.417. The Morgan fingerprint density at radius 2 is 2.43 bits per heavy atom. The van der Waals surface area contributed by atoms with Crippen molar-refractivity contribution in [3.63, 3.8) is 0 Å². The van der Waals surface area contributed by atoms with Gasteiger partial charge in [0.2, 0.25) is 0 Å². The molecule has 1 aromatic heterocycles. The molecular formula is C12H15NO. The normalized spacial score (nSPS) is 11.6. The second-order valence-corrected chi connectivity index (χ2v) is 3.18. The van der Waals surface area contributed by atoms with Crippen LogP contribution in [0, 0.1) is 11.8 Å². The number of pyridine rings is 1. The Kier molecular flexibility index (Phi) is 4.74. The maximum atomic E-state index is 9.52. The third kappa shape index (κ3) is 4.06. The summed E-state index contributed by atoms with van der Waals surface area (Å²) in [5.41, 5.74) is 1.16. The quantitative estimate of drug-likeness (QED) is 0.732. The number of hydrogen-bond donors (Lipinski definition) is 1. The van der Waals surface area contributed by atoms with E-state index in [4.69, 9.17) is 0 Å². The van der Waals surface area contributed by atoms with Gasteiger partial charge in [0.15, 0.2) is 0 Å². The van der Waals surface area contributed by atoms with Crippen LogP contribution >= 0.6 is 0 Å². The zero-order valence-corrected chi connectivity index (χ0v) is 8.40. The van der Waals surface area contributed by atoms with Crippen molar-refractivity contribution in [1.29, 1.82) is 0 Å². The van der Waals surface area contributed by atoms with Gasteiger partial charge in [-0.05, 0) is 31.4 Å². The van der Waals surface area contributed by atoms with Crippen molar-refractivity contribution in [3.05, 3.63) is 30.1 Å². The van der Waals surface area contributed by atoms with E-state index in [1.165, 1.54) is 0 Å². The summed E-state index contributed by atoms with van der Waals surface area (Å²) < 4.78 is 0. The van der Waals surface area contributed by atoms with Gasteiger partial charge in [-0.25, -0.2) is 0 Å². The van der Waals surface area contributed by atoms with E-state index >= 15 is 0 Å². The van der Waals surface area contributed by atoms with Crippen molar-refractivity contribution >= 4 is 0 Å². The molecule has 14 heavy (non-hydrogen) atoms. The molecule has 0 radical (unpaired) electrons. The van der Waals surface area contributed by atoms with E-state index in [-0.39, 0.29) is 6.10 Å². The van der Waals surface area contributed by atoms with Crippen molar-refractivity contribution in [3.8, 4) is 11.8 Å². The lowest BCUT2D eigenvalue weighted by Gasteiger charge is -2.05. The van der Waals surface area contributed by atoms with Crippen LogP contribution in [0.2, 0.25) is 0 Å². The maximum absolute atomic E-state index is 9.52. The van der Waals surface area contributed by atoms with Gasteiger partial charge in [-0.2, -0.15) is 0 Å². The minimum absolute atomic E-state index is 0.317. The molecule has 0 fully saturated rings. The summed E-state index contributed by atoms with van der Waals surface area (Å²) in [5, 5.41) is 9.52. The molecule has 1 rings (SSSR count). The van der Waals surface area contributed by atoms with Gasteiger partial charge in [-0.1, -0.05) is 6.07 Å². The molecule has 2 heteroatoms. The summed E-state index contributed by atoms with van der Waals surface area (Å²) in [6.45, 7) is 1.79. The van der Waals surface area contributed by atoms with E-state index in [2.05, 4.69) is 16.8 Å². The van der Waals surface area contributed by atoms with Crippen molar-refractivity contribution in [2.45, 2.75) is 32.3 Å². The molecule has 1 unspecified atom stereocenters. The minimum Gasteiger partial charge on any atom is -0.392 e. The lowest BCUT2D eigenvalue weighted by atomic mass is 10.1. The highest BCUT2D eigenvalue weighted by Gasteiger charge is 2.02. The monoisotopic (exact) mass is 189 g/mol. The van der Waals surface area contributed by atoms with E-state index in [1.807, 2.05) is 18.3 Å². The molecule has 0 aliphatic heterocycles. The topological polar surface area (TPSA) is 33.1 Å². The molecule has 74 valence electrons. The van der Waals surface area contributed by atoms with Gasteiger partial charge in [-0.15, -0.1) is 11.8 Å². The van der Waals surface area contributed by atoms with Crippen LogP contribution < -0.4 is 0 Å². The predicted octanol–water partition coefficient (Wildman–Crippen LogP) is 1.79. The summed E-state index contributed by atoms with van der Waals surface area (Å²) in [7, 11) is 0. The van der Waals surface area contributed by atoms with Gasteiger partial charge >= 0.3 is 0 Å². The number of hydrogen-bond acceptors (Lipinski definition) is 2. The maximum Gasteiger partial charge on any atom is 0.0652 e. The first-order valence-corrected chi connectivity index (χ1v) is 4.79. The van der Waals surface area contributed by atoms with Gasteiger partial charge in [-0.3, -0.25) is 4.98 Å². The number of aliphatic hydroxyl groups is 1. The number of aliphatic hydroxyl groups excluding tert-OH is 1. The molecule has 0 aromatic carbocycles. The van der Waals surface area contributed by atoms with Crippen molar-refractivity contribution in [2.24, 2.45) is 0 Å². The summed E-state index contributed by atoms with van der Waals surface area (Å²) in [5.74, 6) is 5.64. The largest absolute Gasteiger partial charge is 0.392 e. The molecule has 1 aromatic rings. The first kappa shape index (κ1) is 10.7. The molecule has 2 nitrogen and oxygen atoms in total. The van der Waals surface area contributed by atoms with Crippen LogP contribution in [0.5, 0.6) is 0 Å². The molecule has 1 atom stereocenters. The van der Waals surface area contributed by atoms with Crippen LogP contribution in [0.4, 0.5) is 0 Å². The Morgan fingerprint density at radius 1 is 1.57 bits per heavy atom. The smallest absolute Gasteiger partial charge is 0.0652 e. The van der Waals surface area contributed by atoms with Crippen LogP contribution in [-0.4, -0.2) is 16.2 Å². The van der Waals surface area contributed by atoms with Crippen LogP contribution in [0.3, 0.4) is 0 Å². The van der Waals surface area contributed by atoms with Crippen molar-refractivity contribution in [2.75, 3.05) is 0 Å². The zero-order chi connectivity index (χ0) is 10.2. The van der Waals surface area contributed by atoms with Gasteiger partial charge in [0.05, 0.1) is 6.10 Å². The predicted molar refractivity (Wildman–Crippen MR) is 56.6 cm³/mol. The third-order valence-electron chi connectivity index (χ3n) is 2.00. The fourth-order valence-corrected chi connectivity index (χ4v) is 1.20. The van der Waals surface area contributed by atoms with Gasteiger partial charge in [0, 0.05) is 18.8 Å². The lowest BCUT2D eigenvalue weighted by Crippen LogP contribution is -2.06. The molecule has 0 saturated carbocycles. The second-order valence-electron chi connectivity index (χ2n) is 3.18. The van der Waals surface area contributed by atoms with E-state index in [9.17, 15) is 5.11 Å². The Hall–Kier alpha value is -1.33. The standard InChI is InChI=1S/C12H15NO/c1-2-3-6-12(14)8-7-11-5-4-9-13-10-11/h4-5,9-10,12,14H,6-8H2,1H3. The van der Waals surface area contributed by atoms with Crippen LogP contribution in [0.1, 0.15) is 25.3 Å². The van der Waals surface area contributed by atoms with Gasteiger partial charge in [0.25, 0.3) is 0 Å². The van der Waals surface area contributed by atoms with Crippen LogP contribution in [0.15, 0.2) is 24.5 Å². The molecule has 0 spiro atoms. The van der Waals surface area contributed by atoms with E-state index in [0.717, 1.165) is 18.4 Å². The molecule has 0 aliphatic carbocycles. The van der Waals surface area contributed by atoms with Gasteiger partial charge < -0.3 is 5.11 Å². The Labute approximate surface area is 85.0 Å². The minimum atomic E-state index is -0.317. The third-order valence-corrected chi connectivity index (χ3v) is 2.00. The van der Waals surface area contributed by atoms with Crippen molar-refractivity contribution < 1.29 is 5.11 Å². The molecule has 0 bridgehead atoms. The first-order chi connectivity index (χ1) is 6.83. The molecule has 0 amide bonds. The zero-order valence-electron chi connectivity index (χ0n) is 8.40. The Morgan fingerprint density at radius 3 is 3.07 bits per heavy atom. The molecule has 1 N–H and O–H groups in total. The van der Waals surface area contributed by atoms with E-state index in [1.54, 1.807) is 13.1 Å². The first-order valence-electron chi connectivity index (χ1n) is 4.79. The second kappa shape index (κ2) is 6.17.